The van der Waals surface area contributed by atoms with Crippen molar-refractivity contribution in [2.75, 3.05) is 0 Å². The second-order valence-electron chi connectivity index (χ2n) is 7.02. The minimum Gasteiger partial charge on any atom is -0.269 e. The lowest BCUT2D eigenvalue weighted by atomic mass is 9.98. The van der Waals surface area contributed by atoms with E-state index in [9.17, 15) is 4.79 Å². The molecule has 0 fully saturated rings. The van der Waals surface area contributed by atoms with Gasteiger partial charge < -0.3 is 0 Å². The Balaban J connectivity index is 1.74. The molecule has 1 aliphatic rings. The monoisotopic (exact) mass is 342 g/mol. The van der Waals surface area contributed by atoms with Gasteiger partial charge in [-0.15, -0.1) is 0 Å². The highest BCUT2D eigenvalue weighted by Crippen LogP contribution is 2.17. The van der Waals surface area contributed by atoms with Crippen molar-refractivity contribution in [1.82, 2.24) is 9.38 Å². The van der Waals surface area contributed by atoms with E-state index in [1.165, 1.54) is 18.4 Å². The molecule has 1 aliphatic carbocycles. The molecule has 0 saturated carbocycles. The summed E-state index contributed by atoms with van der Waals surface area (Å²) < 4.78 is 1.66. The van der Waals surface area contributed by atoms with Gasteiger partial charge in [0.2, 0.25) is 0 Å². The highest BCUT2D eigenvalue weighted by Gasteiger charge is 2.14. The van der Waals surface area contributed by atoms with Gasteiger partial charge in [0.1, 0.15) is 5.65 Å². The first-order valence-electron chi connectivity index (χ1n) is 9.33. The smallest absolute Gasteiger partial charge is 0.261 e. The van der Waals surface area contributed by atoms with Crippen LogP contribution in [0.4, 0.5) is 0 Å². The number of benzene rings is 1. The van der Waals surface area contributed by atoms with Crippen LogP contribution >= 0.6 is 0 Å². The summed E-state index contributed by atoms with van der Waals surface area (Å²) in [7, 11) is 0. The second-order valence-corrected chi connectivity index (χ2v) is 7.02. The summed E-state index contributed by atoms with van der Waals surface area (Å²) in [5.74, 6) is 6.37. The standard InChI is InChI=1S/C23H22N2O/c1-17-8-10-18(11-9-17)12-13-19-14-15-25-22(16-19)24-21-7-5-3-2-4-6-20(21)23(25)26/h8-11,14-16H,2-7H2,1H3. The van der Waals surface area contributed by atoms with Crippen LogP contribution in [0.5, 0.6) is 0 Å². The van der Waals surface area contributed by atoms with Gasteiger partial charge in [-0.2, -0.15) is 0 Å². The first-order chi connectivity index (χ1) is 12.7. The fraction of sp³-hybridized carbons (Fsp3) is 0.304. The van der Waals surface area contributed by atoms with Crippen molar-refractivity contribution in [3.8, 4) is 11.8 Å². The van der Waals surface area contributed by atoms with E-state index < -0.39 is 0 Å². The molecule has 0 atom stereocenters. The molecule has 1 aromatic carbocycles. The Morgan fingerprint density at radius 1 is 0.923 bits per heavy atom. The molecule has 3 nitrogen and oxygen atoms in total. The van der Waals surface area contributed by atoms with Gasteiger partial charge in [0.15, 0.2) is 0 Å². The number of hydrogen-bond donors (Lipinski definition) is 0. The summed E-state index contributed by atoms with van der Waals surface area (Å²) in [5.41, 5.74) is 5.76. The molecule has 3 aromatic rings. The van der Waals surface area contributed by atoms with Gasteiger partial charge in [0.25, 0.3) is 5.56 Å². The Morgan fingerprint density at radius 2 is 1.65 bits per heavy atom. The van der Waals surface area contributed by atoms with Crippen LogP contribution in [0.3, 0.4) is 0 Å². The van der Waals surface area contributed by atoms with E-state index in [0.717, 1.165) is 48.1 Å². The number of aromatic nitrogens is 2. The third-order valence-electron chi connectivity index (χ3n) is 5.00. The van der Waals surface area contributed by atoms with Gasteiger partial charge in [-0.05, 0) is 56.9 Å². The maximum Gasteiger partial charge on any atom is 0.261 e. The number of rotatable bonds is 0. The molecular formula is C23H22N2O. The summed E-state index contributed by atoms with van der Waals surface area (Å²) in [6.07, 6.45) is 8.18. The van der Waals surface area contributed by atoms with Crippen molar-refractivity contribution < 1.29 is 0 Å². The molecule has 0 aliphatic heterocycles. The number of hydrogen-bond acceptors (Lipinski definition) is 2. The zero-order valence-corrected chi connectivity index (χ0v) is 15.1. The van der Waals surface area contributed by atoms with E-state index in [4.69, 9.17) is 4.98 Å². The van der Waals surface area contributed by atoms with Crippen LogP contribution in [-0.2, 0) is 12.8 Å². The van der Waals surface area contributed by atoms with Crippen LogP contribution in [0, 0.1) is 18.8 Å². The van der Waals surface area contributed by atoms with E-state index >= 15 is 0 Å². The van der Waals surface area contributed by atoms with E-state index in [1.54, 1.807) is 4.40 Å². The van der Waals surface area contributed by atoms with Crippen molar-refractivity contribution in [2.24, 2.45) is 0 Å². The lowest BCUT2D eigenvalue weighted by Gasteiger charge is -2.13. The fourth-order valence-electron chi connectivity index (χ4n) is 3.49. The Labute approximate surface area is 153 Å². The van der Waals surface area contributed by atoms with E-state index in [-0.39, 0.29) is 5.56 Å². The molecule has 130 valence electrons. The van der Waals surface area contributed by atoms with Gasteiger partial charge in [-0.1, -0.05) is 42.4 Å². The van der Waals surface area contributed by atoms with Gasteiger partial charge in [0.05, 0.1) is 5.69 Å². The normalized spacial score (nSPS) is 14.0. The van der Waals surface area contributed by atoms with Gasteiger partial charge in [0, 0.05) is 22.9 Å². The number of fused-ring (bicyclic) bond motifs is 2. The van der Waals surface area contributed by atoms with E-state index in [2.05, 4.69) is 30.9 Å². The molecule has 0 N–H and O–H groups in total. The highest BCUT2D eigenvalue weighted by molar-refractivity contribution is 5.51. The average molecular weight is 342 g/mol. The lowest BCUT2D eigenvalue weighted by molar-refractivity contribution is 0.603. The largest absolute Gasteiger partial charge is 0.269 e. The minimum atomic E-state index is 0.0879. The fourth-order valence-corrected chi connectivity index (χ4v) is 3.49. The Kier molecular flexibility index (Phi) is 4.58. The summed E-state index contributed by atoms with van der Waals surface area (Å²) in [6, 6.07) is 12.0. The van der Waals surface area contributed by atoms with Crippen LogP contribution in [0.1, 0.15) is 53.6 Å². The molecule has 3 heteroatoms. The summed E-state index contributed by atoms with van der Waals surface area (Å²) in [4.78, 5) is 17.6. The van der Waals surface area contributed by atoms with Crippen LogP contribution in [0.2, 0.25) is 0 Å². The maximum absolute atomic E-state index is 12.8. The molecule has 26 heavy (non-hydrogen) atoms. The highest BCUT2D eigenvalue weighted by atomic mass is 16.1. The maximum atomic E-state index is 12.8. The molecule has 2 heterocycles. The molecule has 0 spiro atoms. The van der Waals surface area contributed by atoms with E-state index in [1.807, 2.05) is 30.5 Å². The zero-order valence-electron chi connectivity index (χ0n) is 15.1. The minimum absolute atomic E-state index is 0.0879. The summed E-state index contributed by atoms with van der Waals surface area (Å²) in [5, 5.41) is 0. The molecule has 2 aromatic heterocycles. The Morgan fingerprint density at radius 3 is 2.46 bits per heavy atom. The first kappa shape index (κ1) is 16.6. The van der Waals surface area contributed by atoms with Gasteiger partial charge in [-0.25, -0.2) is 4.98 Å². The number of nitrogens with zero attached hydrogens (tertiary/aromatic N) is 2. The third-order valence-corrected chi connectivity index (χ3v) is 5.00. The van der Waals surface area contributed by atoms with Crippen LogP contribution < -0.4 is 5.56 Å². The second kappa shape index (κ2) is 7.17. The van der Waals surface area contributed by atoms with Crippen molar-refractivity contribution in [1.29, 1.82) is 0 Å². The summed E-state index contributed by atoms with van der Waals surface area (Å²) in [6.45, 7) is 2.06. The molecule has 0 amide bonds. The summed E-state index contributed by atoms with van der Waals surface area (Å²) >= 11 is 0. The molecule has 0 radical (unpaired) electrons. The molecule has 4 rings (SSSR count). The third kappa shape index (κ3) is 3.41. The van der Waals surface area contributed by atoms with E-state index in [0.29, 0.717) is 5.65 Å². The number of pyridine rings is 1. The Bertz CT molecular complexity index is 1070. The SMILES string of the molecule is Cc1ccc(C#Cc2ccn3c(=O)c4c(nc3c2)CCCCCC4)cc1. The molecular weight excluding hydrogens is 320 g/mol. The van der Waals surface area contributed by atoms with Crippen molar-refractivity contribution >= 4 is 5.65 Å². The predicted octanol–water partition coefficient (Wildman–Crippen LogP) is 4.06. The van der Waals surface area contributed by atoms with Crippen LogP contribution in [-0.4, -0.2) is 9.38 Å². The van der Waals surface area contributed by atoms with Crippen LogP contribution in [0.15, 0.2) is 47.4 Å². The quantitative estimate of drug-likeness (QED) is 0.577. The lowest BCUT2D eigenvalue weighted by Crippen LogP contribution is -2.23. The van der Waals surface area contributed by atoms with Crippen molar-refractivity contribution in [3.05, 3.63) is 80.9 Å². The van der Waals surface area contributed by atoms with Crippen molar-refractivity contribution in [2.45, 2.75) is 45.4 Å². The Hall–Kier alpha value is -2.86. The topological polar surface area (TPSA) is 34.4 Å². The molecule has 0 unspecified atom stereocenters. The average Bonchev–Trinajstić information content (AvgIpc) is 2.63. The predicted molar refractivity (Wildman–Crippen MR) is 104 cm³/mol. The number of aryl methyl sites for hydroxylation is 2. The molecule has 0 saturated heterocycles. The van der Waals surface area contributed by atoms with Crippen LogP contribution in [0.25, 0.3) is 5.65 Å². The van der Waals surface area contributed by atoms with Crippen molar-refractivity contribution in [3.63, 3.8) is 0 Å². The van der Waals surface area contributed by atoms with Gasteiger partial charge in [-0.3, -0.25) is 9.20 Å². The zero-order chi connectivity index (χ0) is 17.9. The molecule has 0 bridgehead atoms. The first-order valence-corrected chi connectivity index (χ1v) is 9.33. The van der Waals surface area contributed by atoms with Gasteiger partial charge >= 0.3 is 0 Å².